The van der Waals surface area contributed by atoms with Gasteiger partial charge < -0.3 is 14.8 Å². The van der Waals surface area contributed by atoms with E-state index in [0.29, 0.717) is 25.9 Å². The molecule has 0 aromatic heterocycles. The molecule has 2 aliphatic rings. The van der Waals surface area contributed by atoms with Crippen LogP contribution in [0.2, 0.25) is 0 Å². The van der Waals surface area contributed by atoms with Gasteiger partial charge in [-0.3, -0.25) is 4.79 Å². The predicted octanol–water partition coefficient (Wildman–Crippen LogP) is 1.95. The van der Waals surface area contributed by atoms with Crippen LogP contribution in [-0.4, -0.2) is 42.9 Å². The van der Waals surface area contributed by atoms with Crippen LogP contribution < -0.4 is 5.32 Å². The molecule has 0 aromatic rings. The average molecular weight is 323 g/mol. The van der Waals surface area contributed by atoms with Crippen molar-refractivity contribution < 1.29 is 32.2 Å². The summed E-state index contributed by atoms with van der Waals surface area (Å²) < 4.78 is 50.9. The van der Waals surface area contributed by atoms with Gasteiger partial charge in [0, 0.05) is 12.5 Å². The molecule has 2 unspecified atom stereocenters. The first kappa shape index (κ1) is 17.1. The topological polar surface area (TPSA) is 64.6 Å². The minimum atomic E-state index is -4.92. The maximum atomic E-state index is 13.7. The molecular weight excluding hydrogens is 303 g/mol. The fourth-order valence-electron chi connectivity index (χ4n) is 2.88. The van der Waals surface area contributed by atoms with Crippen LogP contribution >= 0.6 is 0 Å². The third-order valence-corrected chi connectivity index (χ3v) is 4.30. The second-order valence-electron chi connectivity index (χ2n) is 5.64. The lowest BCUT2D eigenvalue weighted by atomic mass is 9.70. The van der Waals surface area contributed by atoms with Crippen LogP contribution in [0, 0.1) is 5.92 Å². The standard InChI is InChI=1S/C14H20F3NO4/c1-2-21-12(20)13(14(15,16)17,9-5-3-6-9)18-11(19)10-7-4-8-22-10/h9-10H,2-8H2,1H3,(H,18,19). The summed E-state index contributed by atoms with van der Waals surface area (Å²) in [5.74, 6) is -3.31. The number of ether oxygens (including phenoxy) is 2. The second kappa shape index (κ2) is 6.44. The molecule has 2 atom stereocenters. The highest BCUT2D eigenvalue weighted by atomic mass is 19.4. The van der Waals surface area contributed by atoms with Crippen molar-refractivity contribution in [2.75, 3.05) is 13.2 Å². The first-order chi connectivity index (χ1) is 10.3. The number of esters is 1. The van der Waals surface area contributed by atoms with Gasteiger partial charge in [-0.15, -0.1) is 0 Å². The van der Waals surface area contributed by atoms with Crippen molar-refractivity contribution in [3.8, 4) is 0 Å². The van der Waals surface area contributed by atoms with Gasteiger partial charge in [0.2, 0.25) is 11.4 Å². The van der Waals surface area contributed by atoms with Crippen molar-refractivity contribution in [2.24, 2.45) is 5.92 Å². The van der Waals surface area contributed by atoms with E-state index in [2.05, 4.69) is 4.74 Å². The highest BCUT2D eigenvalue weighted by Gasteiger charge is 2.68. The highest BCUT2D eigenvalue weighted by Crippen LogP contribution is 2.46. The fourth-order valence-corrected chi connectivity index (χ4v) is 2.88. The van der Waals surface area contributed by atoms with Crippen molar-refractivity contribution in [3.05, 3.63) is 0 Å². The number of carbonyl (C=O) groups is 2. The quantitative estimate of drug-likeness (QED) is 0.786. The maximum Gasteiger partial charge on any atom is 0.422 e. The number of halogens is 3. The van der Waals surface area contributed by atoms with Crippen LogP contribution in [0.4, 0.5) is 13.2 Å². The van der Waals surface area contributed by atoms with Gasteiger partial charge in [-0.1, -0.05) is 6.42 Å². The van der Waals surface area contributed by atoms with E-state index in [1.54, 1.807) is 0 Å². The van der Waals surface area contributed by atoms with E-state index in [-0.39, 0.29) is 19.4 Å². The molecule has 1 saturated carbocycles. The summed E-state index contributed by atoms with van der Waals surface area (Å²) in [6.45, 7) is 1.58. The number of hydrogen-bond acceptors (Lipinski definition) is 4. The van der Waals surface area contributed by atoms with E-state index < -0.39 is 35.6 Å². The van der Waals surface area contributed by atoms with E-state index in [1.807, 2.05) is 5.32 Å². The Labute approximate surface area is 126 Å². The van der Waals surface area contributed by atoms with Crippen molar-refractivity contribution in [3.63, 3.8) is 0 Å². The summed E-state index contributed by atoms with van der Waals surface area (Å²) in [7, 11) is 0. The smallest absolute Gasteiger partial charge is 0.422 e. The zero-order valence-corrected chi connectivity index (χ0v) is 12.4. The lowest BCUT2D eigenvalue weighted by Gasteiger charge is -2.44. The maximum absolute atomic E-state index is 13.7. The molecule has 8 heteroatoms. The van der Waals surface area contributed by atoms with Crippen molar-refractivity contribution in [2.45, 2.75) is 56.8 Å². The number of rotatable bonds is 5. The number of nitrogens with one attached hydrogen (secondary N) is 1. The Kier molecular flexibility index (Phi) is 4.99. The second-order valence-corrected chi connectivity index (χ2v) is 5.64. The molecule has 5 nitrogen and oxygen atoms in total. The zero-order valence-electron chi connectivity index (χ0n) is 12.4. The fraction of sp³-hybridized carbons (Fsp3) is 0.857. The Morgan fingerprint density at radius 2 is 1.91 bits per heavy atom. The third-order valence-electron chi connectivity index (χ3n) is 4.30. The van der Waals surface area contributed by atoms with Gasteiger partial charge in [0.25, 0.3) is 0 Å². The Morgan fingerprint density at radius 1 is 1.23 bits per heavy atom. The Hall–Kier alpha value is -1.31. The van der Waals surface area contributed by atoms with Crippen LogP contribution in [0.15, 0.2) is 0 Å². The van der Waals surface area contributed by atoms with Crippen LogP contribution in [0.3, 0.4) is 0 Å². The number of hydrogen-bond donors (Lipinski definition) is 1. The lowest BCUT2D eigenvalue weighted by molar-refractivity contribution is -0.232. The molecule has 0 aromatic carbocycles. The molecule has 2 fully saturated rings. The Bertz CT molecular complexity index is 430. The number of carbonyl (C=O) groups excluding carboxylic acids is 2. The van der Waals surface area contributed by atoms with Gasteiger partial charge in [0.15, 0.2) is 0 Å². The minimum Gasteiger partial charge on any atom is -0.464 e. The third kappa shape index (κ3) is 2.93. The van der Waals surface area contributed by atoms with Gasteiger partial charge in [-0.05, 0) is 32.6 Å². The van der Waals surface area contributed by atoms with Crippen LogP contribution in [0.1, 0.15) is 39.0 Å². The summed E-state index contributed by atoms with van der Waals surface area (Å²) in [5, 5.41) is 1.94. The molecule has 1 amide bonds. The summed E-state index contributed by atoms with van der Waals surface area (Å²) in [4.78, 5) is 24.2. The van der Waals surface area contributed by atoms with Gasteiger partial charge in [0.05, 0.1) is 6.61 Å². The van der Waals surface area contributed by atoms with E-state index in [4.69, 9.17) is 4.74 Å². The zero-order chi connectivity index (χ0) is 16.4. The monoisotopic (exact) mass is 323 g/mol. The highest BCUT2D eigenvalue weighted by molar-refractivity contribution is 5.91. The molecule has 0 radical (unpaired) electrons. The molecule has 1 heterocycles. The average Bonchev–Trinajstić information content (AvgIpc) is 2.88. The largest absolute Gasteiger partial charge is 0.464 e. The molecule has 0 spiro atoms. The summed E-state index contributed by atoms with van der Waals surface area (Å²) in [5.41, 5.74) is -2.97. The molecule has 0 bridgehead atoms. The number of alkyl halides is 3. The first-order valence-electron chi connectivity index (χ1n) is 7.50. The molecule has 2 rings (SSSR count). The SMILES string of the molecule is CCOC(=O)C(NC(=O)C1CCCO1)(C1CCC1)C(F)(F)F. The van der Waals surface area contributed by atoms with E-state index in [1.165, 1.54) is 6.92 Å². The molecule has 22 heavy (non-hydrogen) atoms. The van der Waals surface area contributed by atoms with Gasteiger partial charge in [-0.2, -0.15) is 13.2 Å². The minimum absolute atomic E-state index is 0.181. The normalized spacial score (nSPS) is 25.2. The van der Waals surface area contributed by atoms with Gasteiger partial charge >= 0.3 is 12.1 Å². The van der Waals surface area contributed by atoms with Crippen molar-refractivity contribution in [1.82, 2.24) is 5.32 Å². The molecule has 126 valence electrons. The van der Waals surface area contributed by atoms with Gasteiger partial charge in [-0.25, -0.2) is 4.79 Å². The van der Waals surface area contributed by atoms with Crippen LogP contribution in [0.25, 0.3) is 0 Å². The molecular formula is C14H20F3NO4. The molecule has 1 aliphatic carbocycles. The van der Waals surface area contributed by atoms with E-state index >= 15 is 0 Å². The predicted molar refractivity (Wildman–Crippen MR) is 69.9 cm³/mol. The Morgan fingerprint density at radius 3 is 2.32 bits per heavy atom. The van der Waals surface area contributed by atoms with E-state index in [0.717, 1.165) is 0 Å². The number of amides is 1. The molecule has 1 aliphatic heterocycles. The summed E-state index contributed by atoms with van der Waals surface area (Å²) in [6.07, 6.45) is -3.84. The van der Waals surface area contributed by atoms with E-state index in [9.17, 15) is 22.8 Å². The molecule has 1 N–H and O–H groups in total. The van der Waals surface area contributed by atoms with Crippen molar-refractivity contribution >= 4 is 11.9 Å². The van der Waals surface area contributed by atoms with Crippen molar-refractivity contribution in [1.29, 1.82) is 0 Å². The first-order valence-corrected chi connectivity index (χ1v) is 7.50. The van der Waals surface area contributed by atoms with Crippen LogP contribution in [-0.2, 0) is 19.1 Å². The summed E-state index contributed by atoms with van der Waals surface area (Å²) in [6, 6.07) is 0. The lowest BCUT2D eigenvalue weighted by Crippen LogP contribution is -2.70. The van der Waals surface area contributed by atoms with Crippen LogP contribution in [0.5, 0.6) is 0 Å². The Balaban J connectivity index is 2.29. The molecule has 1 saturated heterocycles. The van der Waals surface area contributed by atoms with Gasteiger partial charge in [0.1, 0.15) is 6.10 Å². The summed E-state index contributed by atoms with van der Waals surface area (Å²) >= 11 is 0.